The molecule has 0 aliphatic carbocycles. The van der Waals surface area contributed by atoms with Crippen molar-refractivity contribution >= 4 is 33.3 Å². The summed E-state index contributed by atoms with van der Waals surface area (Å²) in [5.74, 6) is -1.60. The summed E-state index contributed by atoms with van der Waals surface area (Å²) >= 11 is 5.80. The molecule has 0 heterocycles. The highest BCUT2D eigenvalue weighted by molar-refractivity contribution is 7.92. The minimum absolute atomic E-state index is 0.0172. The molecule has 0 bridgehead atoms. The zero-order valence-electron chi connectivity index (χ0n) is 13.4. The number of benzene rings is 2. The lowest BCUT2D eigenvalue weighted by molar-refractivity contribution is 0.0526. The minimum atomic E-state index is -4.13. The number of anilines is 1. The van der Waals surface area contributed by atoms with E-state index in [2.05, 4.69) is 4.72 Å². The summed E-state index contributed by atoms with van der Waals surface area (Å²) in [5, 5.41) is 0.292. The van der Waals surface area contributed by atoms with Crippen LogP contribution in [0.1, 0.15) is 17.3 Å². The molecule has 0 saturated heterocycles. The number of methoxy groups -OCH3 is 1. The van der Waals surface area contributed by atoms with Gasteiger partial charge in [-0.3, -0.25) is 4.72 Å². The zero-order chi connectivity index (χ0) is 18.6. The van der Waals surface area contributed by atoms with E-state index in [0.29, 0.717) is 5.02 Å². The van der Waals surface area contributed by atoms with E-state index < -0.39 is 21.8 Å². The Hall–Kier alpha value is -2.32. The maximum atomic E-state index is 14.2. The van der Waals surface area contributed by atoms with Gasteiger partial charge >= 0.3 is 5.97 Å². The van der Waals surface area contributed by atoms with Gasteiger partial charge in [0.1, 0.15) is 16.5 Å². The van der Waals surface area contributed by atoms with Gasteiger partial charge in [0.25, 0.3) is 10.0 Å². The number of ether oxygens (including phenoxy) is 2. The lowest BCUT2D eigenvalue weighted by atomic mass is 10.2. The molecule has 0 radical (unpaired) electrons. The fourth-order valence-electron chi connectivity index (χ4n) is 2.00. The van der Waals surface area contributed by atoms with E-state index in [9.17, 15) is 17.6 Å². The summed E-state index contributed by atoms with van der Waals surface area (Å²) in [6.07, 6.45) is 0. The third kappa shape index (κ3) is 4.40. The van der Waals surface area contributed by atoms with E-state index in [1.807, 2.05) is 0 Å². The van der Waals surface area contributed by atoms with Crippen LogP contribution >= 0.6 is 11.6 Å². The lowest BCUT2D eigenvalue weighted by Gasteiger charge is -2.13. The molecule has 134 valence electrons. The Balaban J connectivity index is 2.34. The summed E-state index contributed by atoms with van der Waals surface area (Å²) in [6, 6.07) is 7.25. The van der Waals surface area contributed by atoms with E-state index in [4.69, 9.17) is 21.1 Å². The molecule has 0 aromatic heterocycles. The summed E-state index contributed by atoms with van der Waals surface area (Å²) in [5.41, 5.74) is -0.337. The van der Waals surface area contributed by atoms with Gasteiger partial charge in [0, 0.05) is 11.1 Å². The average Bonchev–Trinajstić information content (AvgIpc) is 2.56. The van der Waals surface area contributed by atoms with Crippen molar-refractivity contribution in [3.63, 3.8) is 0 Å². The van der Waals surface area contributed by atoms with Gasteiger partial charge in [-0.2, -0.15) is 0 Å². The van der Waals surface area contributed by atoms with E-state index in [0.717, 1.165) is 12.1 Å². The topological polar surface area (TPSA) is 81.7 Å². The summed E-state index contributed by atoms with van der Waals surface area (Å²) in [7, 11) is -2.84. The van der Waals surface area contributed by atoms with Gasteiger partial charge < -0.3 is 9.47 Å². The average molecular weight is 388 g/mol. The second kappa shape index (κ2) is 7.71. The monoisotopic (exact) mass is 387 g/mol. The van der Waals surface area contributed by atoms with Gasteiger partial charge in [-0.1, -0.05) is 11.6 Å². The van der Waals surface area contributed by atoms with Crippen LogP contribution in [0.3, 0.4) is 0 Å². The molecule has 0 saturated carbocycles. The van der Waals surface area contributed by atoms with Crippen molar-refractivity contribution in [1.29, 1.82) is 0 Å². The molecule has 0 unspecified atom stereocenters. The largest absolute Gasteiger partial charge is 0.495 e. The SMILES string of the molecule is CCOC(=O)c1ccc(NS(=O)(=O)c2ccc(Cl)cc2OC)c(F)c1. The first kappa shape index (κ1) is 19.0. The Morgan fingerprint density at radius 3 is 2.56 bits per heavy atom. The molecule has 0 amide bonds. The number of hydrogen-bond donors (Lipinski definition) is 1. The summed E-state index contributed by atoms with van der Waals surface area (Å²) < 4.78 is 51.0. The molecule has 2 rings (SSSR count). The smallest absolute Gasteiger partial charge is 0.338 e. The van der Waals surface area contributed by atoms with Crippen molar-refractivity contribution in [2.24, 2.45) is 0 Å². The predicted octanol–water partition coefficient (Wildman–Crippen LogP) is 3.47. The Morgan fingerprint density at radius 2 is 1.96 bits per heavy atom. The van der Waals surface area contributed by atoms with Crippen LogP contribution in [0.2, 0.25) is 5.02 Å². The molecule has 0 aliphatic rings. The lowest BCUT2D eigenvalue weighted by Crippen LogP contribution is -2.15. The third-order valence-corrected chi connectivity index (χ3v) is 4.78. The van der Waals surface area contributed by atoms with Crippen molar-refractivity contribution in [2.75, 3.05) is 18.4 Å². The molecular weight excluding hydrogens is 373 g/mol. The number of sulfonamides is 1. The Kier molecular flexibility index (Phi) is 5.86. The van der Waals surface area contributed by atoms with Crippen LogP contribution in [0, 0.1) is 5.82 Å². The number of carbonyl (C=O) groups is 1. The number of hydrogen-bond acceptors (Lipinski definition) is 5. The van der Waals surface area contributed by atoms with Crippen LogP contribution in [0.15, 0.2) is 41.3 Å². The molecule has 0 atom stereocenters. The fourth-order valence-corrected chi connectivity index (χ4v) is 3.38. The second-order valence-electron chi connectivity index (χ2n) is 4.82. The molecule has 0 spiro atoms. The van der Waals surface area contributed by atoms with Gasteiger partial charge in [-0.25, -0.2) is 17.6 Å². The van der Waals surface area contributed by atoms with E-state index in [1.54, 1.807) is 6.92 Å². The third-order valence-electron chi connectivity index (χ3n) is 3.14. The molecule has 0 fully saturated rings. The highest BCUT2D eigenvalue weighted by Gasteiger charge is 2.22. The van der Waals surface area contributed by atoms with Gasteiger partial charge in [0.2, 0.25) is 0 Å². The first-order valence-corrected chi connectivity index (χ1v) is 8.97. The molecule has 6 nitrogen and oxygen atoms in total. The van der Waals surface area contributed by atoms with Crippen LogP contribution in [0.4, 0.5) is 10.1 Å². The van der Waals surface area contributed by atoms with Crippen LogP contribution in [-0.2, 0) is 14.8 Å². The van der Waals surface area contributed by atoms with Crippen molar-refractivity contribution < 1.29 is 27.1 Å². The first-order valence-electron chi connectivity index (χ1n) is 7.11. The summed E-state index contributed by atoms with van der Waals surface area (Å²) in [6.45, 7) is 1.77. The van der Waals surface area contributed by atoms with Crippen molar-refractivity contribution in [2.45, 2.75) is 11.8 Å². The molecule has 25 heavy (non-hydrogen) atoms. The molecule has 0 aliphatic heterocycles. The molecular formula is C16H15ClFNO5S. The highest BCUT2D eigenvalue weighted by atomic mass is 35.5. The van der Waals surface area contributed by atoms with Crippen LogP contribution in [0.25, 0.3) is 0 Å². The normalized spacial score (nSPS) is 11.0. The van der Waals surface area contributed by atoms with Gasteiger partial charge in [0.05, 0.1) is 25.0 Å². The van der Waals surface area contributed by atoms with E-state index in [-0.39, 0.29) is 28.5 Å². The van der Waals surface area contributed by atoms with Crippen molar-refractivity contribution in [1.82, 2.24) is 0 Å². The zero-order valence-corrected chi connectivity index (χ0v) is 14.9. The Morgan fingerprint density at radius 1 is 1.24 bits per heavy atom. The van der Waals surface area contributed by atoms with Gasteiger partial charge in [0.15, 0.2) is 0 Å². The van der Waals surface area contributed by atoms with E-state index >= 15 is 0 Å². The van der Waals surface area contributed by atoms with Crippen molar-refractivity contribution in [3.8, 4) is 5.75 Å². The number of carbonyl (C=O) groups excluding carboxylic acids is 1. The number of rotatable bonds is 6. The predicted molar refractivity (Wildman–Crippen MR) is 91.2 cm³/mol. The quantitative estimate of drug-likeness (QED) is 0.767. The van der Waals surface area contributed by atoms with Gasteiger partial charge in [-0.15, -0.1) is 0 Å². The maximum absolute atomic E-state index is 14.2. The fraction of sp³-hybridized carbons (Fsp3) is 0.188. The summed E-state index contributed by atoms with van der Waals surface area (Å²) in [4.78, 5) is 11.4. The highest BCUT2D eigenvalue weighted by Crippen LogP contribution is 2.29. The molecule has 9 heteroatoms. The van der Waals surface area contributed by atoms with Crippen LogP contribution in [-0.4, -0.2) is 28.1 Å². The standard InChI is InChI=1S/C16H15ClFNO5S/c1-3-24-16(20)10-4-6-13(12(18)8-10)19-25(21,22)15-7-5-11(17)9-14(15)23-2/h4-9,19H,3H2,1-2H3. The Labute approximate surface area is 149 Å². The molecule has 1 N–H and O–H groups in total. The van der Waals surface area contributed by atoms with Crippen molar-refractivity contribution in [3.05, 3.63) is 52.8 Å². The maximum Gasteiger partial charge on any atom is 0.338 e. The number of nitrogens with one attached hydrogen (secondary N) is 1. The first-order chi connectivity index (χ1) is 11.8. The molecule has 2 aromatic rings. The molecule has 2 aromatic carbocycles. The van der Waals surface area contributed by atoms with E-state index in [1.165, 1.54) is 31.4 Å². The Bertz CT molecular complexity index is 901. The van der Waals surface area contributed by atoms with Crippen LogP contribution < -0.4 is 9.46 Å². The minimum Gasteiger partial charge on any atom is -0.495 e. The number of halogens is 2. The van der Waals surface area contributed by atoms with Gasteiger partial charge in [-0.05, 0) is 37.3 Å². The second-order valence-corrected chi connectivity index (χ2v) is 6.90. The number of esters is 1. The van der Waals surface area contributed by atoms with Crippen LogP contribution in [0.5, 0.6) is 5.75 Å².